The summed E-state index contributed by atoms with van der Waals surface area (Å²) in [5.74, 6) is 1.20. The molecule has 8 heteroatoms. The Morgan fingerprint density at radius 2 is 2.12 bits per heavy atom. The highest BCUT2D eigenvalue weighted by Crippen LogP contribution is 2.24. The van der Waals surface area contributed by atoms with Gasteiger partial charge in [0.05, 0.1) is 20.4 Å². The number of hydrogen-bond donors (Lipinski definition) is 1. The van der Waals surface area contributed by atoms with E-state index in [2.05, 4.69) is 10.4 Å². The number of thiophene rings is 1. The number of amides is 1. The molecule has 0 saturated heterocycles. The van der Waals surface area contributed by atoms with Crippen LogP contribution in [0.25, 0.3) is 10.1 Å². The molecular weight excluding hydrogens is 354 g/mol. The van der Waals surface area contributed by atoms with Crippen LogP contribution >= 0.6 is 11.3 Å². The van der Waals surface area contributed by atoms with Gasteiger partial charge in [-0.1, -0.05) is 0 Å². The first kappa shape index (κ1) is 17.9. The summed E-state index contributed by atoms with van der Waals surface area (Å²) in [6.07, 6.45) is 2.18. The number of fused-ring (bicyclic) bond motifs is 1. The molecule has 0 saturated carbocycles. The predicted molar refractivity (Wildman–Crippen MR) is 100 cm³/mol. The lowest BCUT2D eigenvalue weighted by Gasteiger charge is -2.11. The van der Waals surface area contributed by atoms with E-state index in [1.165, 1.54) is 16.0 Å². The number of ether oxygens (including phenoxy) is 2. The number of nitrogens with zero attached hydrogens (tertiary/aromatic N) is 2. The molecule has 0 atom stereocenters. The third-order valence-electron chi connectivity index (χ3n) is 3.96. The average Bonchev–Trinajstić information content (AvgIpc) is 3.13. The molecule has 0 bridgehead atoms. The van der Waals surface area contributed by atoms with Crippen molar-refractivity contribution in [1.29, 1.82) is 0 Å². The second-order valence-electron chi connectivity index (χ2n) is 5.59. The average molecular weight is 373 g/mol. The van der Waals surface area contributed by atoms with Gasteiger partial charge in [-0.25, -0.2) is 4.68 Å². The van der Waals surface area contributed by atoms with Crippen molar-refractivity contribution in [2.24, 2.45) is 0 Å². The molecule has 0 fully saturated rings. The van der Waals surface area contributed by atoms with Gasteiger partial charge in [-0.05, 0) is 41.6 Å². The van der Waals surface area contributed by atoms with E-state index < -0.39 is 0 Å². The molecule has 1 aromatic carbocycles. The van der Waals surface area contributed by atoms with Crippen LogP contribution in [-0.4, -0.2) is 36.5 Å². The van der Waals surface area contributed by atoms with E-state index in [9.17, 15) is 9.59 Å². The molecule has 0 radical (unpaired) electrons. The Labute approximate surface area is 154 Å². The molecule has 1 amide bonds. The van der Waals surface area contributed by atoms with E-state index in [1.807, 2.05) is 29.6 Å². The maximum atomic E-state index is 12.3. The number of benzene rings is 1. The van der Waals surface area contributed by atoms with Crippen molar-refractivity contribution in [3.05, 3.63) is 51.8 Å². The fourth-order valence-corrected chi connectivity index (χ4v) is 3.43. The molecule has 7 nitrogen and oxygen atoms in total. The van der Waals surface area contributed by atoms with E-state index in [1.54, 1.807) is 20.4 Å². The summed E-state index contributed by atoms with van der Waals surface area (Å²) >= 11 is 1.35. The zero-order valence-electron chi connectivity index (χ0n) is 14.5. The Morgan fingerprint density at radius 1 is 1.27 bits per heavy atom. The van der Waals surface area contributed by atoms with Crippen LogP contribution in [0.3, 0.4) is 0 Å². The molecule has 0 aliphatic carbocycles. The van der Waals surface area contributed by atoms with Crippen LogP contribution in [-0.2, 0) is 17.8 Å². The number of rotatable bonds is 7. The summed E-state index contributed by atoms with van der Waals surface area (Å²) in [6, 6.07) is 7.36. The third-order valence-corrected chi connectivity index (χ3v) is 4.88. The monoisotopic (exact) mass is 373 g/mol. The van der Waals surface area contributed by atoms with Crippen LogP contribution in [0.15, 0.2) is 40.6 Å². The minimum Gasteiger partial charge on any atom is -0.497 e. The van der Waals surface area contributed by atoms with Crippen molar-refractivity contribution in [1.82, 2.24) is 15.1 Å². The van der Waals surface area contributed by atoms with Crippen LogP contribution in [0.4, 0.5) is 0 Å². The van der Waals surface area contributed by atoms with Crippen LogP contribution in [0, 0.1) is 0 Å². The van der Waals surface area contributed by atoms with Gasteiger partial charge in [0, 0.05) is 11.9 Å². The largest absolute Gasteiger partial charge is 0.497 e. The summed E-state index contributed by atoms with van der Waals surface area (Å²) in [4.78, 5) is 24.4. The molecular formula is C18H19N3O4S. The first-order valence-electron chi connectivity index (χ1n) is 8.03. The van der Waals surface area contributed by atoms with Gasteiger partial charge < -0.3 is 14.8 Å². The Bertz CT molecular complexity index is 980. The highest BCUT2D eigenvalue weighted by molar-refractivity contribution is 7.17. The van der Waals surface area contributed by atoms with E-state index in [4.69, 9.17) is 9.47 Å². The zero-order chi connectivity index (χ0) is 18.5. The minimum atomic E-state index is -0.266. The van der Waals surface area contributed by atoms with Gasteiger partial charge in [0.15, 0.2) is 0 Å². The van der Waals surface area contributed by atoms with Crippen molar-refractivity contribution >= 4 is 27.3 Å². The summed E-state index contributed by atoms with van der Waals surface area (Å²) < 4.78 is 12.3. The van der Waals surface area contributed by atoms with E-state index in [-0.39, 0.29) is 18.0 Å². The van der Waals surface area contributed by atoms with Crippen LogP contribution in [0.1, 0.15) is 5.56 Å². The van der Waals surface area contributed by atoms with Crippen LogP contribution in [0.5, 0.6) is 11.5 Å². The minimum absolute atomic E-state index is 0.109. The molecule has 136 valence electrons. The number of aromatic nitrogens is 2. The Kier molecular flexibility index (Phi) is 5.52. The van der Waals surface area contributed by atoms with E-state index >= 15 is 0 Å². The first-order valence-corrected chi connectivity index (χ1v) is 8.91. The quantitative estimate of drug-likeness (QED) is 0.683. The van der Waals surface area contributed by atoms with Crippen molar-refractivity contribution in [3.63, 3.8) is 0 Å². The molecule has 26 heavy (non-hydrogen) atoms. The summed E-state index contributed by atoms with van der Waals surface area (Å²) in [6.45, 7) is 0.306. The second-order valence-corrected chi connectivity index (χ2v) is 6.51. The Morgan fingerprint density at radius 3 is 2.88 bits per heavy atom. The first-order chi connectivity index (χ1) is 12.6. The maximum Gasteiger partial charge on any atom is 0.285 e. The van der Waals surface area contributed by atoms with Crippen molar-refractivity contribution in [3.8, 4) is 11.5 Å². The number of carbonyl (C=O) groups excluding carboxylic acids is 1. The molecule has 1 N–H and O–H groups in total. The molecule has 0 spiro atoms. The fraction of sp³-hybridized carbons (Fsp3) is 0.278. The number of hydrogen-bond acceptors (Lipinski definition) is 6. The highest BCUT2D eigenvalue weighted by Gasteiger charge is 2.10. The highest BCUT2D eigenvalue weighted by atomic mass is 32.1. The van der Waals surface area contributed by atoms with Gasteiger partial charge in [0.1, 0.15) is 22.7 Å². The molecule has 0 aliphatic rings. The predicted octanol–water partition coefficient (Wildman–Crippen LogP) is 1.83. The van der Waals surface area contributed by atoms with Crippen LogP contribution < -0.4 is 20.3 Å². The third kappa shape index (κ3) is 3.85. The Balaban J connectivity index is 1.60. The van der Waals surface area contributed by atoms with Gasteiger partial charge >= 0.3 is 0 Å². The van der Waals surface area contributed by atoms with Gasteiger partial charge in [-0.2, -0.15) is 5.10 Å². The van der Waals surface area contributed by atoms with Gasteiger partial charge in [0.2, 0.25) is 5.91 Å². The maximum absolute atomic E-state index is 12.3. The van der Waals surface area contributed by atoms with Crippen molar-refractivity contribution < 1.29 is 14.3 Å². The SMILES string of the molecule is COc1ccc(OC)c(CCNC(=O)Cn2ncc3ccsc3c2=O)c1. The second kappa shape index (κ2) is 8.01. The van der Waals surface area contributed by atoms with Gasteiger partial charge in [-0.15, -0.1) is 11.3 Å². The van der Waals surface area contributed by atoms with Gasteiger partial charge in [0.25, 0.3) is 5.56 Å². The number of nitrogens with one attached hydrogen (secondary N) is 1. The summed E-state index contributed by atoms with van der Waals surface area (Å²) in [5, 5.41) is 9.48. The summed E-state index contributed by atoms with van der Waals surface area (Å²) in [5.41, 5.74) is 0.685. The molecule has 0 aliphatic heterocycles. The standard InChI is InChI=1S/C18H19N3O4S/c1-24-14-3-4-15(25-2)12(9-14)5-7-19-16(22)11-21-18(23)17-13(10-20-21)6-8-26-17/h3-4,6,8-10H,5,7,11H2,1-2H3,(H,19,22). The fourth-order valence-electron chi connectivity index (χ4n) is 2.61. The van der Waals surface area contributed by atoms with Crippen LogP contribution in [0.2, 0.25) is 0 Å². The lowest BCUT2D eigenvalue weighted by Crippen LogP contribution is -2.34. The van der Waals surface area contributed by atoms with Gasteiger partial charge in [-0.3, -0.25) is 9.59 Å². The van der Waals surface area contributed by atoms with E-state index in [0.717, 1.165) is 22.4 Å². The molecule has 3 aromatic rings. The number of carbonyl (C=O) groups is 1. The topological polar surface area (TPSA) is 82.4 Å². The normalized spacial score (nSPS) is 10.7. The smallest absolute Gasteiger partial charge is 0.285 e. The Hall–Kier alpha value is -2.87. The molecule has 3 rings (SSSR count). The lowest BCUT2D eigenvalue weighted by molar-refractivity contribution is -0.121. The van der Waals surface area contributed by atoms with Crippen molar-refractivity contribution in [2.45, 2.75) is 13.0 Å². The lowest BCUT2D eigenvalue weighted by atomic mass is 10.1. The zero-order valence-corrected chi connectivity index (χ0v) is 15.3. The summed E-state index contributed by atoms with van der Waals surface area (Å²) in [7, 11) is 3.20. The molecule has 2 heterocycles. The molecule has 0 unspecified atom stereocenters. The number of methoxy groups -OCH3 is 2. The van der Waals surface area contributed by atoms with E-state index in [0.29, 0.717) is 17.7 Å². The molecule has 2 aromatic heterocycles. The van der Waals surface area contributed by atoms with Crippen molar-refractivity contribution in [2.75, 3.05) is 20.8 Å².